The molecule has 0 aliphatic carbocycles. The molecular formula is C16H25N3O2. The average Bonchev–Trinajstić information content (AvgIpc) is 2.47. The number of rotatable bonds is 5. The van der Waals surface area contributed by atoms with Crippen LogP contribution in [0.25, 0.3) is 0 Å². The van der Waals surface area contributed by atoms with Gasteiger partial charge in [0.25, 0.3) is 0 Å². The molecule has 0 atom stereocenters. The third-order valence-electron chi connectivity index (χ3n) is 4.16. The summed E-state index contributed by atoms with van der Waals surface area (Å²) in [5.74, 6) is 0.532. The Morgan fingerprint density at radius 1 is 1.43 bits per heavy atom. The van der Waals surface area contributed by atoms with Gasteiger partial charge in [-0.2, -0.15) is 0 Å². The molecule has 0 saturated carbocycles. The first kappa shape index (κ1) is 15.7. The lowest BCUT2D eigenvalue weighted by atomic mass is 9.92. The van der Waals surface area contributed by atoms with Gasteiger partial charge in [-0.25, -0.2) is 14.8 Å². The Labute approximate surface area is 126 Å². The summed E-state index contributed by atoms with van der Waals surface area (Å²) < 4.78 is 0. The molecule has 116 valence electrons. The second kappa shape index (κ2) is 6.87. The highest BCUT2D eigenvalue weighted by atomic mass is 16.4. The maximum Gasteiger partial charge on any atom is 0.356 e. The van der Waals surface area contributed by atoms with E-state index in [1.54, 1.807) is 6.20 Å². The summed E-state index contributed by atoms with van der Waals surface area (Å²) in [6.07, 6.45) is 6.42. The average molecular weight is 291 g/mol. The number of hydrogen-bond acceptors (Lipinski definition) is 4. The van der Waals surface area contributed by atoms with Crippen molar-refractivity contribution in [3.63, 3.8) is 0 Å². The third-order valence-corrected chi connectivity index (χ3v) is 4.16. The van der Waals surface area contributed by atoms with Crippen LogP contribution in [0.1, 0.15) is 68.7 Å². The number of anilines is 1. The van der Waals surface area contributed by atoms with Crippen LogP contribution in [-0.4, -0.2) is 34.1 Å². The quantitative estimate of drug-likeness (QED) is 0.901. The minimum absolute atomic E-state index is 0.132. The van der Waals surface area contributed by atoms with E-state index in [9.17, 15) is 9.90 Å². The highest BCUT2D eigenvalue weighted by Crippen LogP contribution is 2.28. The molecule has 1 aromatic heterocycles. The van der Waals surface area contributed by atoms with E-state index in [-0.39, 0.29) is 11.6 Å². The molecule has 1 aromatic rings. The van der Waals surface area contributed by atoms with Crippen molar-refractivity contribution in [3.05, 3.63) is 17.7 Å². The first-order valence-electron chi connectivity index (χ1n) is 7.88. The summed E-state index contributed by atoms with van der Waals surface area (Å²) in [7, 11) is 0. The van der Waals surface area contributed by atoms with Gasteiger partial charge in [0.05, 0.1) is 11.9 Å². The summed E-state index contributed by atoms with van der Waals surface area (Å²) >= 11 is 0. The van der Waals surface area contributed by atoms with Gasteiger partial charge in [-0.1, -0.05) is 33.6 Å². The van der Waals surface area contributed by atoms with Crippen molar-refractivity contribution in [3.8, 4) is 0 Å². The summed E-state index contributed by atoms with van der Waals surface area (Å²) in [5.41, 5.74) is 0.810. The summed E-state index contributed by atoms with van der Waals surface area (Å²) in [6, 6.07) is 0. The van der Waals surface area contributed by atoms with Crippen molar-refractivity contribution in [2.45, 2.75) is 52.4 Å². The van der Waals surface area contributed by atoms with Crippen LogP contribution in [0.5, 0.6) is 0 Å². The third kappa shape index (κ3) is 3.71. The Morgan fingerprint density at radius 3 is 2.62 bits per heavy atom. The van der Waals surface area contributed by atoms with Gasteiger partial charge < -0.3 is 10.0 Å². The monoisotopic (exact) mass is 291 g/mol. The van der Waals surface area contributed by atoms with E-state index in [1.807, 2.05) is 13.8 Å². The van der Waals surface area contributed by atoms with Crippen LogP contribution in [0, 0.1) is 5.92 Å². The lowest BCUT2D eigenvalue weighted by Crippen LogP contribution is -2.35. The predicted octanol–water partition coefficient (Wildman–Crippen LogP) is 3.31. The van der Waals surface area contributed by atoms with Crippen molar-refractivity contribution in [1.29, 1.82) is 0 Å². The van der Waals surface area contributed by atoms with Crippen molar-refractivity contribution in [1.82, 2.24) is 9.97 Å². The lowest BCUT2D eigenvalue weighted by Gasteiger charge is -2.33. The van der Waals surface area contributed by atoms with Crippen LogP contribution in [0.3, 0.4) is 0 Å². The van der Waals surface area contributed by atoms with Crippen molar-refractivity contribution < 1.29 is 9.90 Å². The van der Waals surface area contributed by atoms with Crippen molar-refractivity contribution >= 4 is 11.7 Å². The zero-order valence-electron chi connectivity index (χ0n) is 13.2. The second-order valence-electron chi connectivity index (χ2n) is 6.14. The Morgan fingerprint density at radius 2 is 2.10 bits per heavy atom. The largest absolute Gasteiger partial charge is 0.476 e. The maximum absolute atomic E-state index is 11.5. The molecule has 0 bridgehead atoms. The molecule has 1 aliphatic heterocycles. The lowest BCUT2D eigenvalue weighted by molar-refractivity contribution is 0.0690. The molecule has 2 rings (SSSR count). The summed E-state index contributed by atoms with van der Waals surface area (Å²) in [5, 5.41) is 9.42. The number of aromatic nitrogens is 2. The highest BCUT2D eigenvalue weighted by molar-refractivity contribution is 5.92. The first-order valence-corrected chi connectivity index (χ1v) is 7.88. The van der Waals surface area contributed by atoms with Gasteiger partial charge in [-0.15, -0.1) is 0 Å². The normalized spacial score (nSPS) is 16.5. The van der Waals surface area contributed by atoms with Gasteiger partial charge in [0.2, 0.25) is 0 Å². The smallest absolute Gasteiger partial charge is 0.356 e. The molecule has 1 saturated heterocycles. The minimum atomic E-state index is -0.968. The molecule has 0 unspecified atom stereocenters. The Hall–Kier alpha value is -1.65. The number of piperidine rings is 1. The predicted molar refractivity (Wildman–Crippen MR) is 82.9 cm³/mol. The Kier molecular flexibility index (Phi) is 5.15. The number of hydrogen-bond donors (Lipinski definition) is 1. The summed E-state index contributed by atoms with van der Waals surface area (Å²) in [4.78, 5) is 22.2. The van der Waals surface area contributed by atoms with Gasteiger partial charge in [-0.05, 0) is 18.8 Å². The van der Waals surface area contributed by atoms with E-state index in [0.717, 1.165) is 31.8 Å². The molecule has 5 heteroatoms. The van der Waals surface area contributed by atoms with Gasteiger partial charge in [-0.3, -0.25) is 0 Å². The molecule has 0 amide bonds. The molecule has 0 radical (unpaired) electrons. The first-order chi connectivity index (χ1) is 10.0. The number of carboxylic acids is 1. The fourth-order valence-corrected chi connectivity index (χ4v) is 2.93. The van der Waals surface area contributed by atoms with Crippen molar-refractivity contribution in [2.75, 3.05) is 18.0 Å². The van der Waals surface area contributed by atoms with Crippen LogP contribution in [0.2, 0.25) is 0 Å². The number of nitrogens with zero attached hydrogens (tertiary/aromatic N) is 3. The van der Waals surface area contributed by atoms with E-state index in [1.165, 1.54) is 12.8 Å². The van der Waals surface area contributed by atoms with Gasteiger partial charge in [0.1, 0.15) is 5.82 Å². The number of aromatic carboxylic acids is 1. The Bertz CT molecular complexity index is 494. The second-order valence-corrected chi connectivity index (χ2v) is 6.14. The topological polar surface area (TPSA) is 66.3 Å². The molecule has 0 spiro atoms. The fraction of sp³-hybridized carbons (Fsp3) is 0.688. The van der Waals surface area contributed by atoms with Gasteiger partial charge in [0.15, 0.2) is 5.69 Å². The van der Waals surface area contributed by atoms with Gasteiger partial charge in [0, 0.05) is 19.0 Å². The van der Waals surface area contributed by atoms with Crippen LogP contribution < -0.4 is 4.90 Å². The van der Waals surface area contributed by atoms with Crippen LogP contribution >= 0.6 is 0 Å². The molecule has 1 aliphatic rings. The van der Waals surface area contributed by atoms with E-state index in [2.05, 4.69) is 21.8 Å². The zero-order chi connectivity index (χ0) is 15.4. The van der Waals surface area contributed by atoms with Crippen LogP contribution in [0.4, 0.5) is 5.69 Å². The number of carboxylic acid groups (broad SMARTS) is 1. The van der Waals surface area contributed by atoms with E-state index in [4.69, 9.17) is 0 Å². The molecule has 21 heavy (non-hydrogen) atoms. The zero-order valence-corrected chi connectivity index (χ0v) is 13.2. The minimum Gasteiger partial charge on any atom is -0.476 e. The highest BCUT2D eigenvalue weighted by Gasteiger charge is 2.24. The van der Waals surface area contributed by atoms with Crippen LogP contribution in [-0.2, 0) is 0 Å². The SMILES string of the molecule is CCCC1CCN(c2cnc(C(C)C)nc2C(=O)O)CC1. The van der Waals surface area contributed by atoms with E-state index < -0.39 is 5.97 Å². The molecular weight excluding hydrogens is 266 g/mol. The van der Waals surface area contributed by atoms with E-state index in [0.29, 0.717) is 11.5 Å². The molecule has 2 heterocycles. The Balaban J connectivity index is 2.18. The number of carbonyl (C=O) groups is 1. The fourth-order valence-electron chi connectivity index (χ4n) is 2.93. The van der Waals surface area contributed by atoms with Crippen LogP contribution in [0.15, 0.2) is 6.20 Å². The molecule has 0 aromatic carbocycles. The van der Waals surface area contributed by atoms with E-state index >= 15 is 0 Å². The molecule has 1 N–H and O–H groups in total. The maximum atomic E-state index is 11.5. The van der Waals surface area contributed by atoms with Crippen molar-refractivity contribution in [2.24, 2.45) is 5.92 Å². The summed E-state index contributed by atoms with van der Waals surface area (Å²) in [6.45, 7) is 7.95. The van der Waals surface area contributed by atoms with Gasteiger partial charge >= 0.3 is 5.97 Å². The standard InChI is InChI=1S/C16H25N3O2/c1-4-5-12-6-8-19(9-7-12)13-10-17-15(11(2)3)18-14(13)16(20)21/h10-12H,4-9H2,1-3H3,(H,20,21). The molecule has 5 nitrogen and oxygen atoms in total. The molecule has 1 fully saturated rings.